The van der Waals surface area contributed by atoms with Crippen molar-refractivity contribution in [3.8, 4) is 0 Å². The molecule has 1 heterocycles. The lowest BCUT2D eigenvalue weighted by Gasteiger charge is -2.24. The lowest BCUT2D eigenvalue weighted by Crippen LogP contribution is -2.31. The summed E-state index contributed by atoms with van der Waals surface area (Å²) in [5.41, 5.74) is 1.73. The van der Waals surface area contributed by atoms with Crippen molar-refractivity contribution in [2.24, 2.45) is 0 Å². The molecule has 5 nitrogen and oxygen atoms in total. The number of hydroxylamine groups is 2. The summed E-state index contributed by atoms with van der Waals surface area (Å²) in [5, 5.41) is 11.6. The van der Waals surface area contributed by atoms with Crippen molar-refractivity contribution in [3.05, 3.63) is 71.8 Å². The van der Waals surface area contributed by atoms with Crippen molar-refractivity contribution in [2.45, 2.75) is 17.0 Å². The van der Waals surface area contributed by atoms with Gasteiger partial charge in [0, 0.05) is 0 Å². The number of rotatable bonds is 6. The number of halogens is 1. The van der Waals surface area contributed by atoms with Crippen molar-refractivity contribution < 1.29 is 19.5 Å². The Morgan fingerprint density at radius 2 is 1.79 bits per heavy atom. The molecule has 0 spiro atoms. The van der Waals surface area contributed by atoms with Crippen molar-refractivity contribution in [1.29, 1.82) is 0 Å². The zero-order valence-corrected chi connectivity index (χ0v) is 14.5. The molecule has 1 aliphatic heterocycles. The van der Waals surface area contributed by atoms with Crippen LogP contribution in [0.15, 0.2) is 60.7 Å². The highest BCUT2D eigenvalue weighted by Gasteiger charge is 2.36. The number of hydrogen-bond acceptors (Lipinski definition) is 4. The van der Waals surface area contributed by atoms with Crippen LogP contribution in [0.3, 0.4) is 0 Å². The minimum Gasteiger partial charge on any atom is -0.445 e. The molecule has 0 aromatic heterocycles. The molecule has 24 heavy (non-hydrogen) atoms. The summed E-state index contributed by atoms with van der Waals surface area (Å²) in [4.78, 5) is 17.2. The number of ether oxygens (including phenoxy) is 1. The zero-order chi connectivity index (χ0) is 16.9. The predicted molar refractivity (Wildman–Crippen MR) is 92.4 cm³/mol. The van der Waals surface area contributed by atoms with Crippen LogP contribution in [-0.2, 0) is 9.57 Å². The van der Waals surface area contributed by atoms with Crippen molar-refractivity contribution in [1.82, 2.24) is 5.06 Å². The maximum atomic E-state index is 11.9. The molecule has 3 atom stereocenters. The van der Waals surface area contributed by atoms with Gasteiger partial charge in [0.15, 0.2) is 0 Å². The molecule has 1 saturated heterocycles. The fraction of sp³-hybridized carbons (Fsp3) is 0.278. The highest BCUT2D eigenvalue weighted by atomic mass is 79.9. The Bertz CT molecular complexity index is 667. The molecule has 126 valence electrons. The molecular weight excluding hydrogens is 374 g/mol. The van der Waals surface area contributed by atoms with Crippen LogP contribution in [0.25, 0.3) is 0 Å². The van der Waals surface area contributed by atoms with Gasteiger partial charge in [0.05, 0.1) is 17.5 Å². The highest BCUT2D eigenvalue weighted by Crippen LogP contribution is 2.29. The number of carbonyl (C=O) groups excluding carboxylic acids is 1. The van der Waals surface area contributed by atoms with E-state index in [-0.39, 0.29) is 24.1 Å². The number of aliphatic hydroxyl groups excluding tert-OH is 1. The van der Waals surface area contributed by atoms with E-state index in [0.717, 1.165) is 11.1 Å². The second-order valence-corrected chi connectivity index (χ2v) is 6.67. The summed E-state index contributed by atoms with van der Waals surface area (Å²) in [7, 11) is 0. The molecule has 2 aromatic rings. The van der Waals surface area contributed by atoms with Gasteiger partial charge in [-0.05, 0) is 11.1 Å². The Balaban J connectivity index is 1.63. The van der Waals surface area contributed by atoms with Gasteiger partial charge in [0.25, 0.3) is 0 Å². The van der Waals surface area contributed by atoms with Crippen LogP contribution in [0, 0.1) is 0 Å². The zero-order valence-electron chi connectivity index (χ0n) is 12.9. The summed E-state index contributed by atoms with van der Waals surface area (Å²) in [5.74, 6) is 0. The molecule has 0 unspecified atom stereocenters. The van der Waals surface area contributed by atoms with E-state index in [1.807, 2.05) is 60.7 Å². The van der Waals surface area contributed by atoms with Gasteiger partial charge in [-0.1, -0.05) is 76.6 Å². The Morgan fingerprint density at radius 1 is 1.17 bits per heavy atom. The quantitative estimate of drug-likeness (QED) is 0.764. The van der Waals surface area contributed by atoms with Gasteiger partial charge in [0.2, 0.25) is 0 Å². The first-order valence-electron chi connectivity index (χ1n) is 7.67. The van der Waals surface area contributed by atoms with Crippen molar-refractivity contribution in [3.63, 3.8) is 0 Å². The molecule has 0 bridgehead atoms. The summed E-state index contributed by atoms with van der Waals surface area (Å²) in [6.45, 7) is 0.380. The second kappa shape index (κ2) is 7.79. The summed E-state index contributed by atoms with van der Waals surface area (Å²) in [6, 6.07) is 18.6. The monoisotopic (exact) mass is 391 g/mol. The summed E-state index contributed by atoms with van der Waals surface area (Å²) < 4.78 is 5.09. The average Bonchev–Trinajstić information content (AvgIpc) is 3.01. The molecule has 1 aliphatic rings. The van der Waals surface area contributed by atoms with Crippen molar-refractivity contribution >= 4 is 22.0 Å². The molecular formula is C18H18BrNO4. The number of nitrogens with zero attached hydrogens (tertiary/aromatic N) is 1. The topological polar surface area (TPSA) is 59.0 Å². The number of aliphatic hydroxyl groups is 1. The van der Waals surface area contributed by atoms with Crippen LogP contribution in [0.2, 0.25) is 0 Å². The van der Waals surface area contributed by atoms with Crippen molar-refractivity contribution in [2.75, 3.05) is 13.2 Å². The minimum atomic E-state index is -0.736. The molecule has 0 saturated carbocycles. The molecule has 0 aliphatic carbocycles. The standard InChI is InChI=1S/C18H18BrNO4/c19-15(17(21)14-9-5-2-6-10-14)11-24-20-16(12-23-18(20)22)13-7-3-1-4-8-13/h1-10,15-17,21H,11-12H2/t15-,16-,17-/m1/s1. The molecule has 2 aromatic carbocycles. The second-order valence-electron chi connectivity index (χ2n) is 5.50. The first-order valence-corrected chi connectivity index (χ1v) is 8.59. The fourth-order valence-corrected chi connectivity index (χ4v) is 2.98. The lowest BCUT2D eigenvalue weighted by atomic mass is 10.1. The normalized spacial score (nSPS) is 19.8. The largest absolute Gasteiger partial charge is 0.445 e. The van der Waals surface area contributed by atoms with Crippen LogP contribution < -0.4 is 0 Å². The summed E-state index contributed by atoms with van der Waals surface area (Å²) in [6.07, 6.45) is -1.25. The van der Waals surface area contributed by atoms with Gasteiger partial charge < -0.3 is 9.84 Å². The number of alkyl halides is 1. The van der Waals surface area contributed by atoms with E-state index in [2.05, 4.69) is 15.9 Å². The summed E-state index contributed by atoms with van der Waals surface area (Å²) >= 11 is 3.43. The molecule has 6 heteroatoms. The number of cyclic esters (lactones) is 1. The smallest absolute Gasteiger partial charge is 0.434 e. The van der Waals surface area contributed by atoms with Crippen LogP contribution in [-0.4, -0.2) is 34.3 Å². The van der Waals surface area contributed by atoms with Gasteiger partial charge in [-0.3, -0.25) is 4.84 Å². The number of amides is 1. The van der Waals surface area contributed by atoms with Crippen LogP contribution >= 0.6 is 15.9 Å². The van der Waals surface area contributed by atoms with E-state index in [1.54, 1.807) is 0 Å². The third-order valence-electron chi connectivity index (χ3n) is 3.87. The first kappa shape index (κ1) is 17.0. The average molecular weight is 392 g/mol. The van der Waals surface area contributed by atoms with E-state index in [9.17, 15) is 9.90 Å². The maximum absolute atomic E-state index is 11.9. The number of benzene rings is 2. The lowest BCUT2D eigenvalue weighted by molar-refractivity contribution is -0.136. The van der Waals surface area contributed by atoms with E-state index in [1.165, 1.54) is 5.06 Å². The molecule has 0 radical (unpaired) electrons. The Morgan fingerprint density at radius 3 is 2.46 bits per heavy atom. The van der Waals surface area contributed by atoms with Gasteiger partial charge in [-0.25, -0.2) is 4.79 Å². The van der Waals surface area contributed by atoms with E-state index >= 15 is 0 Å². The number of carbonyl (C=O) groups is 1. The van der Waals surface area contributed by atoms with Crippen LogP contribution in [0.5, 0.6) is 0 Å². The number of hydrogen-bond donors (Lipinski definition) is 1. The van der Waals surface area contributed by atoms with Gasteiger partial charge in [-0.2, -0.15) is 5.06 Å². The van der Waals surface area contributed by atoms with E-state index in [0.29, 0.717) is 0 Å². The van der Waals surface area contributed by atoms with Crippen LogP contribution in [0.1, 0.15) is 23.3 Å². The molecule has 1 N–H and O–H groups in total. The third kappa shape index (κ3) is 3.77. The third-order valence-corrected chi connectivity index (χ3v) is 4.63. The fourth-order valence-electron chi connectivity index (χ4n) is 2.56. The van der Waals surface area contributed by atoms with Gasteiger partial charge >= 0.3 is 6.09 Å². The Labute approximate surface area is 148 Å². The predicted octanol–water partition coefficient (Wildman–Crippen LogP) is 3.61. The minimum absolute atomic E-state index is 0.133. The van der Waals surface area contributed by atoms with Gasteiger partial charge in [0.1, 0.15) is 12.6 Å². The molecule has 3 rings (SSSR count). The van der Waals surface area contributed by atoms with E-state index < -0.39 is 12.2 Å². The van der Waals surface area contributed by atoms with Crippen LogP contribution in [0.4, 0.5) is 4.79 Å². The Kier molecular flexibility index (Phi) is 5.50. The van der Waals surface area contributed by atoms with Gasteiger partial charge in [-0.15, -0.1) is 0 Å². The molecule has 1 fully saturated rings. The highest BCUT2D eigenvalue weighted by molar-refractivity contribution is 9.09. The first-order chi connectivity index (χ1) is 11.7. The molecule has 1 amide bonds. The Hall–Kier alpha value is -1.89. The van der Waals surface area contributed by atoms with E-state index in [4.69, 9.17) is 9.57 Å². The maximum Gasteiger partial charge on any atom is 0.434 e. The SMILES string of the molecule is O=C1OC[C@H](c2ccccc2)N1OC[C@@H](Br)[C@H](O)c1ccccc1.